The van der Waals surface area contributed by atoms with Gasteiger partial charge in [-0.05, 0) is 85.9 Å². The van der Waals surface area contributed by atoms with E-state index in [0.717, 1.165) is 42.2 Å². The zero-order valence-electron chi connectivity index (χ0n) is 13.8. The van der Waals surface area contributed by atoms with Gasteiger partial charge in [-0.1, -0.05) is 31.8 Å². The van der Waals surface area contributed by atoms with Gasteiger partial charge in [0.25, 0.3) is 0 Å². The molecule has 0 aromatic rings. The van der Waals surface area contributed by atoms with Crippen LogP contribution in [-0.2, 0) is 0 Å². The highest BCUT2D eigenvalue weighted by molar-refractivity contribution is 5.87. The van der Waals surface area contributed by atoms with Crippen LogP contribution in [0.4, 0.5) is 0 Å². The SMILES string of the molecule is C[C@]12CC[C@H]3[C@@H](CCC4CCCC[C@@]43C)[C@@H]1C/C(=N\O)C2. The van der Waals surface area contributed by atoms with Crippen LogP contribution in [0.5, 0.6) is 0 Å². The lowest BCUT2D eigenvalue weighted by atomic mass is 9.45. The minimum atomic E-state index is 0.431. The molecule has 0 heterocycles. The predicted octanol–water partition coefficient (Wildman–Crippen LogP) is 5.25. The molecule has 0 aromatic heterocycles. The first-order chi connectivity index (χ1) is 10.1. The molecule has 1 N–H and O–H groups in total. The maximum atomic E-state index is 9.25. The van der Waals surface area contributed by atoms with Gasteiger partial charge in [-0.25, -0.2) is 0 Å². The van der Waals surface area contributed by atoms with Crippen molar-refractivity contribution in [2.75, 3.05) is 0 Å². The van der Waals surface area contributed by atoms with Gasteiger partial charge in [-0.3, -0.25) is 0 Å². The average molecular weight is 289 g/mol. The van der Waals surface area contributed by atoms with E-state index in [1.807, 2.05) is 0 Å². The van der Waals surface area contributed by atoms with Crippen LogP contribution in [0.25, 0.3) is 0 Å². The van der Waals surface area contributed by atoms with E-state index in [9.17, 15) is 5.21 Å². The average Bonchev–Trinajstić information content (AvgIpc) is 2.83. The molecule has 6 atom stereocenters. The van der Waals surface area contributed by atoms with Crippen molar-refractivity contribution < 1.29 is 5.21 Å². The van der Waals surface area contributed by atoms with Crippen LogP contribution in [0.2, 0.25) is 0 Å². The van der Waals surface area contributed by atoms with Crippen LogP contribution < -0.4 is 0 Å². The highest BCUT2D eigenvalue weighted by Gasteiger charge is 2.58. The number of fused-ring (bicyclic) bond motifs is 5. The van der Waals surface area contributed by atoms with E-state index in [0.29, 0.717) is 10.8 Å². The Kier molecular flexibility index (Phi) is 3.17. The monoisotopic (exact) mass is 289 g/mol. The van der Waals surface area contributed by atoms with Crippen LogP contribution in [0, 0.1) is 34.5 Å². The number of rotatable bonds is 0. The van der Waals surface area contributed by atoms with E-state index in [-0.39, 0.29) is 0 Å². The molecule has 4 aliphatic carbocycles. The van der Waals surface area contributed by atoms with Crippen molar-refractivity contribution in [1.82, 2.24) is 0 Å². The summed E-state index contributed by atoms with van der Waals surface area (Å²) in [5.41, 5.74) is 2.14. The first-order valence-corrected chi connectivity index (χ1v) is 9.27. The van der Waals surface area contributed by atoms with Gasteiger partial charge in [0.2, 0.25) is 0 Å². The lowest BCUT2D eigenvalue weighted by Crippen LogP contribution is -2.51. The number of hydrogen-bond donors (Lipinski definition) is 1. The van der Waals surface area contributed by atoms with Crippen molar-refractivity contribution in [2.24, 2.45) is 39.7 Å². The largest absolute Gasteiger partial charge is 0.411 e. The summed E-state index contributed by atoms with van der Waals surface area (Å²) in [6.45, 7) is 5.10. The molecule has 4 saturated carbocycles. The fraction of sp³-hybridized carbons (Fsp3) is 0.947. The first kappa shape index (κ1) is 14.1. The molecule has 0 saturated heterocycles. The Balaban J connectivity index is 1.64. The van der Waals surface area contributed by atoms with Gasteiger partial charge in [-0.2, -0.15) is 0 Å². The summed E-state index contributed by atoms with van der Waals surface area (Å²) in [7, 11) is 0. The van der Waals surface area contributed by atoms with Crippen molar-refractivity contribution in [3.8, 4) is 0 Å². The van der Waals surface area contributed by atoms with E-state index in [1.54, 1.807) is 0 Å². The summed E-state index contributed by atoms with van der Waals surface area (Å²) in [5.74, 6) is 3.65. The van der Waals surface area contributed by atoms with Crippen molar-refractivity contribution in [1.29, 1.82) is 0 Å². The van der Waals surface area contributed by atoms with Gasteiger partial charge in [0.15, 0.2) is 0 Å². The molecule has 0 aromatic carbocycles. The Morgan fingerprint density at radius 3 is 2.67 bits per heavy atom. The Morgan fingerprint density at radius 2 is 1.86 bits per heavy atom. The molecular weight excluding hydrogens is 258 g/mol. The summed E-state index contributed by atoms with van der Waals surface area (Å²) in [5, 5.41) is 12.9. The fourth-order valence-electron chi connectivity index (χ4n) is 7.18. The van der Waals surface area contributed by atoms with Crippen LogP contribution in [0.15, 0.2) is 5.16 Å². The zero-order valence-corrected chi connectivity index (χ0v) is 13.8. The van der Waals surface area contributed by atoms with E-state index >= 15 is 0 Å². The van der Waals surface area contributed by atoms with Crippen LogP contribution in [-0.4, -0.2) is 10.9 Å². The van der Waals surface area contributed by atoms with E-state index in [4.69, 9.17) is 0 Å². The van der Waals surface area contributed by atoms with Gasteiger partial charge in [0.05, 0.1) is 5.71 Å². The molecule has 0 amide bonds. The Labute approximate surface area is 129 Å². The second kappa shape index (κ2) is 4.73. The number of hydrogen-bond acceptors (Lipinski definition) is 2. The maximum Gasteiger partial charge on any atom is 0.0579 e. The minimum Gasteiger partial charge on any atom is -0.411 e. The van der Waals surface area contributed by atoms with Crippen LogP contribution in [0.1, 0.15) is 78.1 Å². The first-order valence-electron chi connectivity index (χ1n) is 9.27. The molecule has 4 fully saturated rings. The lowest BCUT2D eigenvalue weighted by Gasteiger charge is -2.59. The highest BCUT2D eigenvalue weighted by atomic mass is 16.4. The quantitative estimate of drug-likeness (QED) is 0.479. The van der Waals surface area contributed by atoms with E-state index in [2.05, 4.69) is 19.0 Å². The summed E-state index contributed by atoms with van der Waals surface area (Å²) in [6, 6.07) is 0. The van der Waals surface area contributed by atoms with Crippen LogP contribution in [0.3, 0.4) is 0 Å². The third kappa shape index (κ3) is 1.93. The molecule has 2 heteroatoms. The van der Waals surface area contributed by atoms with Gasteiger partial charge in [0.1, 0.15) is 0 Å². The van der Waals surface area contributed by atoms with Crippen molar-refractivity contribution in [3.63, 3.8) is 0 Å². The molecule has 0 spiro atoms. The van der Waals surface area contributed by atoms with Crippen molar-refractivity contribution >= 4 is 5.71 Å². The normalized spacial score (nSPS) is 54.9. The summed E-state index contributed by atoms with van der Waals surface area (Å²) < 4.78 is 0. The molecule has 1 unspecified atom stereocenters. The molecule has 4 aliphatic rings. The van der Waals surface area contributed by atoms with Crippen molar-refractivity contribution in [2.45, 2.75) is 78.1 Å². The third-order valence-corrected chi connectivity index (χ3v) is 8.31. The van der Waals surface area contributed by atoms with Gasteiger partial charge in [-0.15, -0.1) is 0 Å². The standard InChI is InChI=1S/C19H31NO/c1-18-10-8-16-15(17(18)11-14(12-18)20-21)7-6-13-5-3-4-9-19(13,16)2/h13,15-17,21H,3-12H2,1-2H3/b20-14+/t13?,15-,16+,17+,18-,19+/m1/s1. The Morgan fingerprint density at radius 1 is 1.00 bits per heavy atom. The van der Waals surface area contributed by atoms with E-state index in [1.165, 1.54) is 51.4 Å². The lowest BCUT2D eigenvalue weighted by molar-refractivity contribution is -0.103. The molecule has 4 rings (SSSR count). The fourth-order valence-corrected chi connectivity index (χ4v) is 7.18. The molecule has 21 heavy (non-hydrogen) atoms. The number of nitrogens with zero attached hydrogens (tertiary/aromatic N) is 1. The van der Waals surface area contributed by atoms with E-state index < -0.39 is 0 Å². The Hall–Kier alpha value is -0.530. The second-order valence-corrected chi connectivity index (χ2v) is 9.14. The summed E-state index contributed by atoms with van der Waals surface area (Å²) in [4.78, 5) is 0. The molecule has 0 aliphatic heterocycles. The maximum absolute atomic E-state index is 9.25. The molecular formula is C19H31NO. The molecule has 0 bridgehead atoms. The predicted molar refractivity (Wildman–Crippen MR) is 85.6 cm³/mol. The molecule has 2 nitrogen and oxygen atoms in total. The van der Waals surface area contributed by atoms with Gasteiger partial charge < -0.3 is 5.21 Å². The Bertz CT molecular complexity index is 458. The number of oxime groups is 1. The molecule has 0 radical (unpaired) electrons. The minimum absolute atomic E-state index is 0.431. The topological polar surface area (TPSA) is 32.6 Å². The van der Waals surface area contributed by atoms with Crippen molar-refractivity contribution in [3.05, 3.63) is 0 Å². The highest BCUT2D eigenvalue weighted by Crippen LogP contribution is 2.65. The summed E-state index contributed by atoms with van der Waals surface area (Å²) >= 11 is 0. The van der Waals surface area contributed by atoms with Gasteiger partial charge >= 0.3 is 0 Å². The second-order valence-electron chi connectivity index (χ2n) is 9.14. The third-order valence-electron chi connectivity index (χ3n) is 8.31. The summed E-state index contributed by atoms with van der Waals surface area (Å²) in [6.07, 6.45) is 13.7. The zero-order chi connectivity index (χ0) is 14.7. The van der Waals surface area contributed by atoms with Gasteiger partial charge in [0, 0.05) is 0 Å². The van der Waals surface area contributed by atoms with Crippen LogP contribution >= 0.6 is 0 Å². The molecule has 118 valence electrons. The smallest absolute Gasteiger partial charge is 0.0579 e.